The Morgan fingerprint density at radius 1 is 1.33 bits per heavy atom. The molecule has 36 heavy (non-hydrogen) atoms. The average Bonchev–Trinajstić information content (AvgIpc) is 3.27. The maximum atomic E-state index is 13.4. The molecule has 2 aromatic rings. The standard InChI is InChI=1S/C23H24F3N7O3/c1-6-14-18-13(8-28-9-16(18)32(5)31-14)15(7-27)30-20(35)19-12(2)22(3,4)11-33(19)17(34)10-29-21(36)23(24,25)26/h1,8-9,12,15,19H,10-11H2,2-5H3,(H,29,36)(H,30,35)/t12-,15?,19-/m0/s1. The quantitative estimate of drug-likeness (QED) is 0.589. The minimum Gasteiger partial charge on any atom is -0.339 e. The minimum absolute atomic E-state index is 0.0607. The number of aryl methyl sites for hydroxylation is 1. The number of nitriles is 1. The van der Waals surface area contributed by atoms with E-state index >= 15 is 0 Å². The molecule has 1 aliphatic rings. The molecule has 190 valence electrons. The molecule has 3 heterocycles. The van der Waals surface area contributed by atoms with Crippen LogP contribution >= 0.6 is 0 Å². The highest BCUT2D eigenvalue weighted by Crippen LogP contribution is 2.40. The number of fused-ring (bicyclic) bond motifs is 1. The number of nitrogens with one attached hydrogen (secondary N) is 2. The van der Waals surface area contributed by atoms with Crippen LogP contribution in [0.3, 0.4) is 0 Å². The highest BCUT2D eigenvalue weighted by molar-refractivity contribution is 5.93. The molecule has 1 saturated heterocycles. The number of nitrogens with zero attached hydrogens (tertiary/aromatic N) is 5. The summed E-state index contributed by atoms with van der Waals surface area (Å²) in [6.07, 6.45) is 3.31. The fourth-order valence-electron chi connectivity index (χ4n) is 4.30. The molecule has 2 N–H and O–H groups in total. The molecular weight excluding hydrogens is 479 g/mol. The number of hydrogen-bond donors (Lipinski definition) is 2. The molecule has 1 fully saturated rings. The van der Waals surface area contributed by atoms with Crippen LogP contribution in [0.2, 0.25) is 0 Å². The molecular formula is C23H24F3N7O3. The number of amides is 3. The third kappa shape index (κ3) is 4.82. The Hall–Kier alpha value is -4.13. The van der Waals surface area contributed by atoms with Gasteiger partial charge in [0.05, 0.1) is 24.3 Å². The van der Waals surface area contributed by atoms with Crippen LogP contribution in [0, 0.1) is 35.0 Å². The van der Waals surface area contributed by atoms with Crippen LogP contribution in [0.25, 0.3) is 10.9 Å². The molecule has 0 aliphatic carbocycles. The Morgan fingerprint density at radius 2 is 2.00 bits per heavy atom. The number of hydrogen-bond acceptors (Lipinski definition) is 6. The molecule has 0 spiro atoms. The molecule has 3 amide bonds. The molecule has 10 nitrogen and oxygen atoms in total. The smallest absolute Gasteiger partial charge is 0.339 e. The summed E-state index contributed by atoms with van der Waals surface area (Å²) in [6.45, 7) is 4.47. The van der Waals surface area contributed by atoms with Gasteiger partial charge in [-0.25, -0.2) is 0 Å². The summed E-state index contributed by atoms with van der Waals surface area (Å²) in [5.41, 5.74) is 0.536. The molecule has 13 heteroatoms. The van der Waals surface area contributed by atoms with Gasteiger partial charge in [0.2, 0.25) is 11.8 Å². The predicted octanol–water partition coefficient (Wildman–Crippen LogP) is 1.18. The summed E-state index contributed by atoms with van der Waals surface area (Å²) >= 11 is 0. The van der Waals surface area contributed by atoms with Gasteiger partial charge in [0.1, 0.15) is 17.8 Å². The van der Waals surface area contributed by atoms with Crippen molar-refractivity contribution in [3.8, 4) is 18.4 Å². The molecule has 1 unspecified atom stereocenters. The van der Waals surface area contributed by atoms with E-state index in [9.17, 15) is 32.8 Å². The van der Waals surface area contributed by atoms with Crippen molar-refractivity contribution in [2.75, 3.05) is 13.1 Å². The summed E-state index contributed by atoms with van der Waals surface area (Å²) in [4.78, 5) is 42.5. The molecule has 0 aromatic carbocycles. The molecule has 1 aliphatic heterocycles. The van der Waals surface area contributed by atoms with Crippen molar-refractivity contribution < 1.29 is 27.6 Å². The van der Waals surface area contributed by atoms with Gasteiger partial charge in [-0.1, -0.05) is 20.8 Å². The monoisotopic (exact) mass is 503 g/mol. The Kier molecular flexibility index (Phi) is 6.98. The fourth-order valence-corrected chi connectivity index (χ4v) is 4.30. The van der Waals surface area contributed by atoms with Gasteiger partial charge in [-0.05, 0) is 17.3 Å². The van der Waals surface area contributed by atoms with E-state index in [0.717, 1.165) is 4.90 Å². The normalized spacial score (nSPS) is 19.9. The van der Waals surface area contributed by atoms with Gasteiger partial charge in [-0.3, -0.25) is 24.0 Å². The van der Waals surface area contributed by atoms with E-state index in [1.807, 2.05) is 6.07 Å². The van der Waals surface area contributed by atoms with Gasteiger partial charge >= 0.3 is 12.1 Å². The van der Waals surface area contributed by atoms with Gasteiger partial charge in [-0.2, -0.15) is 23.5 Å². The maximum absolute atomic E-state index is 13.4. The first kappa shape index (κ1) is 26.5. The van der Waals surface area contributed by atoms with Crippen LogP contribution in [0.15, 0.2) is 12.4 Å². The van der Waals surface area contributed by atoms with Crippen LogP contribution in [0.4, 0.5) is 13.2 Å². The van der Waals surface area contributed by atoms with Crippen LogP contribution in [-0.2, 0) is 21.4 Å². The van der Waals surface area contributed by atoms with Gasteiger partial charge in [0.15, 0.2) is 0 Å². The second-order valence-electron chi connectivity index (χ2n) is 9.23. The Morgan fingerprint density at radius 3 is 2.58 bits per heavy atom. The van der Waals surface area contributed by atoms with Crippen molar-refractivity contribution in [1.82, 2.24) is 30.3 Å². The number of pyridine rings is 1. The molecule has 3 atom stereocenters. The minimum atomic E-state index is -5.15. The Bertz CT molecular complexity index is 1300. The molecule has 3 rings (SSSR count). The summed E-state index contributed by atoms with van der Waals surface area (Å²) in [7, 11) is 1.65. The van der Waals surface area contributed by atoms with E-state index in [4.69, 9.17) is 6.42 Å². The van der Waals surface area contributed by atoms with E-state index in [0.29, 0.717) is 16.5 Å². The van der Waals surface area contributed by atoms with Crippen molar-refractivity contribution in [3.05, 3.63) is 23.7 Å². The maximum Gasteiger partial charge on any atom is 0.471 e. The lowest BCUT2D eigenvalue weighted by atomic mass is 9.80. The topological polar surface area (TPSA) is 133 Å². The van der Waals surface area contributed by atoms with Crippen LogP contribution < -0.4 is 10.6 Å². The van der Waals surface area contributed by atoms with E-state index in [1.165, 1.54) is 22.4 Å². The van der Waals surface area contributed by atoms with Crippen molar-refractivity contribution in [2.45, 2.75) is 39.0 Å². The van der Waals surface area contributed by atoms with Crippen LogP contribution in [0.5, 0.6) is 0 Å². The third-order valence-corrected chi connectivity index (χ3v) is 6.52. The molecule has 0 bridgehead atoms. The van der Waals surface area contributed by atoms with Crippen LogP contribution in [-0.4, -0.2) is 62.7 Å². The largest absolute Gasteiger partial charge is 0.471 e. The summed E-state index contributed by atoms with van der Waals surface area (Å²) in [6, 6.07) is -0.305. The van der Waals surface area contributed by atoms with Crippen molar-refractivity contribution in [1.29, 1.82) is 5.26 Å². The van der Waals surface area contributed by atoms with E-state index in [1.54, 1.807) is 27.8 Å². The molecule has 0 saturated carbocycles. The Balaban J connectivity index is 1.89. The van der Waals surface area contributed by atoms with E-state index < -0.39 is 53.9 Å². The predicted molar refractivity (Wildman–Crippen MR) is 120 cm³/mol. The Labute approximate surface area is 204 Å². The third-order valence-electron chi connectivity index (χ3n) is 6.52. The highest BCUT2D eigenvalue weighted by atomic mass is 19.4. The van der Waals surface area contributed by atoms with E-state index in [-0.39, 0.29) is 12.2 Å². The zero-order valence-corrected chi connectivity index (χ0v) is 20.0. The molecule has 2 aromatic heterocycles. The SMILES string of the molecule is C#Cc1nn(C)c2cncc(C(C#N)NC(=O)[C@@H]3[C@H](C)C(C)(C)CN3C(=O)CNC(=O)C(F)(F)F)c12. The lowest BCUT2D eigenvalue weighted by Gasteiger charge is -2.27. The van der Waals surface area contributed by atoms with Gasteiger partial charge in [-0.15, -0.1) is 6.42 Å². The zero-order chi connectivity index (χ0) is 27.0. The van der Waals surface area contributed by atoms with Crippen molar-refractivity contribution >= 4 is 28.6 Å². The van der Waals surface area contributed by atoms with Crippen molar-refractivity contribution in [3.63, 3.8) is 0 Å². The first-order chi connectivity index (χ1) is 16.7. The van der Waals surface area contributed by atoms with Crippen LogP contribution in [0.1, 0.15) is 38.1 Å². The molecule has 0 radical (unpaired) electrons. The fraction of sp³-hybridized carbons (Fsp3) is 0.478. The second-order valence-corrected chi connectivity index (χ2v) is 9.23. The summed E-state index contributed by atoms with van der Waals surface area (Å²) in [5.74, 6) is -1.78. The number of halogens is 3. The summed E-state index contributed by atoms with van der Waals surface area (Å²) < 4.78 is 39.1. The van der Waals surface area contributed by atoms with Crippen molar-refractivity contribution in [2.24, 2.45) is 18.4 Å². The lowest BCUT2D eigenvalue weighted by Crippen LogP contribution is -2.52. The number of rotatable bonds is 5. The number of aromatic nitrogens is 3. The lowest BCUT2D eigenvalue weighted by molar-refractivity contribution is -0.174. The van der Waals surface area contributed by atoms with Gasteiger partial charge in [0.25, 0.3) is 0 Å². The first-order valence-corrected chi connectivity index (χ1v) is 10.8. The van der Waals surface area contributed by atoms with Gasteiger partial charge < -0.3 is 15.5 Å². The second kappa shape index (κ2) is 9.49. The number of likely N-dealkylation sites (tertiary alicyclic amines) is 1. The number of carbonyl (C=O) groups is 3. The number of terminal acetylenes is 1. The number of alkyl halides is 3. The summed E-state index contributed by atoms with van der Waals surface area (Å²) in [5, 5.41) is 18.7. The highest BCUT2D eigenvalue weighted by Gasteiger charge is 2.50. The zero-order valence-electron chi connectivity index (χ0n) is 20.0. The number of carbonyl (C=O) groups excluding carboxylic acids is 3. The average molecular weight is 503 g/mol. The first-order valence-electron chi connectivity index (χ1n) is 10.8. The van der Waals surface area contributed by atoms with E-state index in [2.05, 4.69) is 21.3 Å². The van der Waals surface area contributed by atoms with Gasteiger partial charge in [0, 0.05) is 30.7 Å².